The largest absolute Gasteiger partial charge is 0.377 e. The van der Waals surface area contributed by atoms with Gasteiger partial charge in [-0.25, -0.2) is 17.8 Å². The fourth-order valence-corrected chi connectivity index (χ4v) is 4.35. The fourth-order valence-electron chi connectivity index (χ4n) is 2.77. The number of hydrogen-bond acceptors (Lipinski definition) is 7. The number of rotatable bonds is 4. The predicted molar refractivity (Wildman–Crippen MR) is 83.2 cm³/mol. The van der Waals surface area contributed by atoms with Gasteiger partial charge in [-0.05, 0) is 26.8 Å². The summed E-state index contributed by atoms with van der Waals surface area (Å²) in [5.41, 5.74) is 0.632. The van der Waals surface area contributed by atoms with E-state index in [4.69, 9.17) is 9.26 Å². The number of ether oxygens (including phenoxy) is 1. The van der Waals surface area contributed by atoms with Crippen molar-refractivity contribution in [2.75, 3.05) is 13.2 Å². The van der Waals surface area contributed by atoms with Gasteiger partial charge in [0.2, 0.25) is 10.0 Å². The molecule has 24 heavy (non-hydrogen) atoms. The van der Waals surface area contributed by atoms with Crippen molar-refractivity contribution in [3.05, 3.63) is 39.6 Å². The van der Waals surface area contributed by atoms with Gasteiger partial charge >= 0.3 is 0 Å². The molecular weight excluding hydrogens is 336 g/mol. The van der Waals surface area contributed by atoms with E-state index in [9.17, 15) is 13.2 Å². The van der Waals surface area contributed by atoms with Crippen LogP contribution < -0.4 is 10.3 Å². The van der Waals surface area contributed by atoms with Gasteiger partial charge in [0, 0.05) is 6.07 Å². The average Bonchev–Trinajstić information content (AvgIpc) is 3.08. The highest BCUT2D eigenvalue weighted by Gasteiger charge is 2.36. The normalized spacial score (nSPS) is 21.3. The Morgan fingerprint density at radius 3 is 2.67 bits per heavy atom. The summed E-state index contributed by atoms with van der Waals surface area (Å²) in [4.78, 5) is 12.1. The summed E-state index contributed by atoms with van der Waals surface area (Å²) in [5, 5.41) is 7.86. The molecule has 1 aliphatic rings. The topological polar surface area (TPSA) is 116 Å². The minimum Gasteiger partial charge on any atom is -0.377 e. The van der Waals surface area contributed by atoms with Crippen molar-refractivity contribution in [3.63, 3.8) is 0 Å². The highest BCUT2D eigenvalue weighted by molar-refractivity contribution is 7.89. The number of nitrogens with one attached hydrogen (secondary N) is 1. The SMILES string of the molecule is Cc1ccc(=O)n(C2COCC2NS(=O)(=O)c2c(C)noc2C)n1. The van der Waals surface area contributed by atoms with Crippen molar-refractivity contribution in [1.82, 2.24) is 19.7 Å². The molecule has 10 heteroatoms. The van der Waals surface area contributed by atoms with Crippen LogP contribution in [-0.4, -0.2) is 42.6 Å². The Balaban J connectivity index is 1.92. The summed E-state index contributed by atoms with van der Waals surface area (Å²) in [6.07, 6.45) is 0. The van der Waals surface area contributed by atoms with Gasteiger partial charge in [0.05, 0.1) is 31.0 Å². The van der Waals surface area contributed by atoms with E-state index in [1.54, 1.807) is 19.9 Å². The second-order valence-corrected chi connectivity index (χ2v) is 7.39. The summed E-state index contributed by atoms with van der Waals surface area (Å²) in [6.45, 7) is 5.19. The Morgan fingerprint density at radius 2 is 2.00 bits per heavy atom. The summed E-state index contributed by atoms with van der Waals surface area (Å²) in [5.74, 6) is 0.210. The lowest BCUT2D eigenvalue weighted by molar-refractivity contribution is 0.181. The van der Waals surface area contributed by atoms with Gasteiger partial charge in [-0.1, -0.05) is 5.16 Å². The molecule has 130 valence electrons. The molecular formula is C14H18N4O5S. The quantitative estimate of drug-likeness (QED) is 0.826. The average molecular weight is 354 g/mol. The van der Waals surface area contributed by atoms with Gasteiger partial charge < -0.3 is 9.26 Å². The number of sulfonamides is 1. The van der Waals surface area contributed by atoms with Crippen molar-refractivity contribution >= 4 is 10.0 Å². The van der Waals surface area contributed by atoms with Crippen LogP contribution in [0.3, 0.4) is 0 Å². The van der Waals surface area contributed by atoms with E-state index in [-0.39, 0.29) is 35.1 Å². The number of nitrogens with zero attached hydrogens (tertiary/aromatic N) is 3. The lowest BCUT2D eigenvalue weighted by Crippen LogP contribution is -2.44. The summed E-state index contributed by atoms with van der Waals surface area (Å²) < 4.78 is 39.4. The molecule has 2 unspecified atom stereocenters. The van der Waals surface area contributed by atoms with E-state index in [1.165, 1.54) is 17.7 Å². The molecule has 0 radical (unpaired) electrons. The van der Waals surface area contributed by atoms with E-state index in [0.29, 0.717) is 5.69 Å². The first kappa shape index (κ1) is 16.8. The monoisotopic (exact) mass is 354 g/mol. The lowest BCUT2D eigenvalue weighted by Gasteiger charge is -2.20. The van der Waals surface area contributed by atoms with Crippen LogP contribution in [-0.2, 0) is 14.8 Å². The van der Waals surface area contributed by atoms with E-state index in [1.807, 2.05) is 0 Å². The van der Waals surface area contributed by atoms with Crippen molar-refractivity contribution < 1.29 is 17.7 Å². The molecule has 0 spiro atoms. The molecule has 3 rings (SSSR count). The molecule has 2 aromatic heterocycles. The van der Waals surface area contributed by atoms with Gasteiger partial charge in [-0.2, -0.15) is 5.10 Å². The Bertz CT molecular complexity index is 898. The van der Waals surface area contributed by atoms with Crippen molar-refractivity contribution in [2.45, 2.75) is 37.8 Å². The van der Waals surface area contributed by atoms with E-state index in [0.717, 1.165) is 0 Å². The van der Waals surface area contributed by atoms with Gasteiger partial charge in [-0.3, -0.25) is 4.79 Å². The molecule has 1 fully saturated rings. The molecule has 0 aromatic carbocycles. The van der Waals surface area contributed by atoms with Crippen LogP contribution in [0.25, 0.3) is 0 Å². The zero-order valence-electron chi connectivity index (χ0n) is 13.5. The Hall–Kier alpha value is -2.04. The molecule has 0 amide bonds. The smallest absolute Gasteiger partial charge is 0.267 e. The summed E-state index contributed by atoms with van der Waals surface area (Å²) in [7, 11) is -3.86. The molecule has 1 aliphatic heterocycles. The molecule has 9 nitrogen and oxygen atoms in total. The Morgan fingerprint density at radius 1 is 1.25 bits per heavy atom. The van der Waals surface area contributed by atoms with Gasteiger partial charge in [0.25, 0.3) is 5.56 Å². The fraction of sp³-hybridized carbons (Fsp3) is 0.500. The van der Waals surface area contributed by atoms with E-state index >= 15 is 0 Å². The first-order valence-electron chi connectivity index (χ1n) is 7.39. The highest BCUT2D eigenvalue weighted by atomic mass is 32.2. The predicted octanol–water partition coefficient (Wildman–Crippen LogP) is 0.0750. The van der Waals surface area contributed by atoms with Crippen LogP contribution in [0, 0.1) is 20.8 Å². The molecule has 2 aromatic rings. The van der Waals surface area contributed by atoms with Crippen molar-refractivity contribution in [3.8, 4) is 0 Å². The van der Waals surface area contributed by atoms with Crippen LogP contribution in [0.1, 0.15) is 23.2 Å². The minimum atomic E-state index is -3.86. The summed E-state index contributed by atoms with van der Waals surface area (Å²) in [6, 6.07) is 1.88. The molecule has 2 atom stereocenters. The van der Waals surface area contributed by atoms with Crippen molar-refractivity contribution in [1.29, 1.82) is 0 Å². The van der Waals surface area contributed by atoms with Crippen LogP contribution in [0.4, 0.5) is 0 Å². The Kier molecular flexibility index (Phi) is 4.28. The number of hydrogen-bond donors (Lipinski definition) is 1. The summed E-state index contributed by atoms with van der Waals surface area (Å²) >= 11 is 0. The minimum absolute atomic E-state index is 0.0118. The zero-order valence-corrected chi connectivity index (χ0v) is 14.3. The standard InChI is InChI=1S/C14H18N4O5S/c1-8-4-5-13(19)18(15-8)12-7-22-6-11(12)17-24(20,21)14-9(2)16-23-10(14)3/h4-5,11-12,17H,6-7H2,1-3H3. The highest BCUT2D eigenvalue weighted by Crippen LogP contribution is 2.23. The molecule has 1 N–H and O–H groups in total. The Labute approximate surface area is 138 Å². The van der Waals surface area contributed by atoms with E-state index < -0.39 is 22.1 Å². The zero-order chi connectivity index (χ0) is 17.5. The maximum Gasteiger partial charge on any atom is 0.267 e. The lowest BCUT2D eigenvalue weighted by atomic mass is 10.2. The second-order valence-electron chi connectivity index (χ2n) is 5.74. The molecule has 3 heterocycles. The maximum absolute atomic E-state index is 12.6. The number of aryl methyl sites for hydroxylation is 3. The molecule has 1 saturated heterocycles. The van der Waals surface area contributed by atoms with Crippen LogP contribution in [0.2, 0.25) is 0 Å². The molecule has 0 saturated carbocycles. The van der Waals surface area contributed by atoms with Crippen LogP contribution in [0.5, 0.6) is 0 Å². The molecule has 0 aliphatic carbocycles. The van der Waals surface area contributed by atoms with Crippen LogP contribution in [0.15, 0.2) is 26.3 Å². The third-order valence-corrected chi connectivity index (χ3v) is 5.60. The first-order valence-corrected chi connectivity index (χ1v) is 8.87. The third kappa shape index (κ3) is 2.99. The number of aromatic nitrogens is 3. The van der Waals surface area contributed by atoms with Gasteiger partial charge in [-0.15, -0.1) is 0 Å². The van der Waals surface area contributed by atoms with E-state index in [2.05, 4.69) is 15.0 Å². The molecule has 0 bridgehead atoms. The van der Waals surface area contributed by atoms with Crippen molar-refractivity contribution in [2.24, 2.45) is 0 Å². The third-order valence-electron chi connectivity index (χ3n) is 3.87. The maximum atomic E-state index is 12.6. The van der Waals surface area contributed by atoms with Gasteiger partial charge in [0.15, 0.2) is 5.76 Å². The first-order chi connectivity index (χ1) is 11.3. The van der Waals surface area contributed by atoms with Crippen LogP contribution >= 0.6 is 0 Å². The van der Waals surface area contributed by atoms with Gasteiger partial charge in [0.1, 0.15) is 10.6 Å². The second kappa shape index (κ2) is 6.11.